The number of carbonyl (C=O) groups excluding carboxylic acids is 1. The molecule has 0 spiro atoms. The first-order valence-corrected chi connectivity index (χ1v) is 5.92. The Hall–Kier alpha value is -1.68. The highest BCUT2D eigenvalue weighted by molar-refractivity contribution is 6.00. The number of nitrogens with zero attached hydrogens (tertiary/aromatic N) is 2. The Morgan fingerprint density at radius 3 is 2.94 bits per heavy atom. The minimum absolute atomic E-state index is 0.0366. The quantitative estimate of drug-likeness (QED) is 0.817. The molecule has 0 bridgehead atoms. The van der Waals surface area contributed by atoms with E-state index in [1.54, 1.807) is 0 Å². The summed E-state index contributed by atoms with van der Waals surface area (Å²) >= 11 is 0. The van der Waals surface area contributed by atoms with Crippen molar-refractivity contribution in [3.63, 3.8) is 0 Å². The van der Waals surface area contributed by atoms with E-state index in [-0.39, 0.29) is 12.3 Å². The monoisotopic (exact) mass is 229 g/mol. The molecule has 1 aliphatic rings. The molecule has 1 saturated carbocycles. The first-order valence-electron chi connectivity index (χ1n) is 5.92. The minimum atomic E-state index is -0.0366. The van der Waals surface area contributed by atoms with Crippen LogP contribution in [0.4, 0.5) is 0 Å². The maximum Gasteiger partial charge on any atom is 0.176 e. The molecule has 1 fully saturated rings. The molecule has 3 rings (SSSR count). The average Bonchev–Trinajstić information content (AvgIpc) is 3.10. The van der Waals surface area contributed by atoms with Crippen LogP contribution in [0.1, 0.15) is 35.1 Å². The van der Waals surface area contributed by atoms with Crippen molar-refractivity contribution >= 4 is 16.8 Å². The highest BCUT2D eigenvalue weighted by atomic mass is 16.1. The number of nitrogens with two attached hydrogens (primary N) is 1. The highest BCUT2D eigenvalue weighted by Crippen LogP contribution is 2.38. The Bertz CT molecular complexity index is 596. The van der Waals surface area contributed by atoms with E-state index >= 15 is 0 Å². The van der Waals surface area contributed by atoms with Gasteiger partial charge in [-0.2, -0.15) is 0 Å². The Balaban J connectivity index is 2.15. The third-order valence-corrected chi connectivity index (χ3v) is 3.29. The van der Waals surface area contributed by atoms with Gasteiger partial charge in [0.25, 0.3) is 0 Å². The molecule has 1 heterocycles. The molecule has 0 aliphatic heterocycles. The van der Waals surface area contributed by atoms with Gasteiger partial charge in [-0.3, -0.25) is 4.79 Å². The third-order valence-electron chi connectivity index (χ3n) is 3.29. The zero-order valence-electron chi connectivity index (χ0n) is 9.81. The molecular formula is C13H15N3O. The van der Waals surface area contributed by atoms with Crippen molar-refractivity contribution in [3.8, 4) is 0 Å². The largest absolute Gasteiger partial charge is 0.325 e. The van der Waals surface area contributed by atoms with Crippen LogP contribution in [0.5, 0.6) is 0 Å². The number of aromatic nitrogens is 2. The maximum absolute atomic E-state index is 11.5. The van der Waals surface area contributed by atoms with Crippen LogP contribution < -0.4 is 5.73 Å². The topological polar surface area (TPSA) is 60.9 Å². The molecule has 4 heteroatoms. The molecule has 0 unspecified atom stereocenters. The summed E-state index contributed by atoms with van der Waals surface area (Å²) in [6.45, 7) is 2.07. The first kappa shape index (κ1) is 10.5. The fourth-order valence-corrected chi connectivity index (χ4v) is 2.30. The van der Waals surface area contributed by atoms with E-state index in [2.05, 4.69) is 9.55 Å². The summed E-state index contributed by atoms with van der Waals surface area (Å²) in [6, 6.07) is 6.28. The highest BCUT2D eigenvalue weighted by Gasteiger charge is 2.26. The number of benzene rings is 1. The van der Waals surface area contributed by atoms with E-state index in [1.165, 1.54) is 12.8 Å². The molecule has 0 amide bonds. The lowest BCUT2D eigenvalue weighted by molar-refractivity contribution is 0.100. The number of ketones is 1. The van der Waals surface area contributed by atoms with Crippen molar-refractivity contribution in [1.29, 1.82) is 0 Å². The number of hydrogen-bond acceptors (Lipinski definition) is 3. The zero-order valence-corrected chi connectivity index (χ0v) is 9.81. The summed E-state index contributed by atoms with van der Waals surface area (Å²) in [6.07, 6.45) is 2.46. The van der Waals surface area contributed by atoms with Gasteiger partial charge in [0, 0.05) is 11.6 Å². The van der Waals surface area contributed by atoms with Gasteiger partial charge in [-0.25, -0.2) is 4.98 Å². The third kappa shape index (κ3) is 1.65. The van der Waals surface area contributed by atoms with Crippen LogP contribution in [0.25, 0.3) is 11.0 Å². The number of imidazole rings is 1. The standard InChI is InChI=1S/C13H15N3O/c1-8-15-11-6-9(13(17)7-14)2-5-12(11)16(8)10-3-4-10/h2,5-6,10H,3-4,7,14H2,1H3. The molecule has 1 aliphatic carbocycles. The Morgan fingerprint density at radius 2 is 2.29 bits per heavy atom. The van der Waals surface area contributed by atoms with Crippen molar-refractivity contribution in [1.82, 2.24) is 9.55 Å². The van der Waals surface area contributed by atoms with Crippen LogP contribution in [-0.4, -0.2) is 21.9 Å². The van der Waals surface area contributed by atoms with Crippen LogP contribution >= 0.6 is 0 Å². The van der Waals surface area contributed by atoms with E-state index in [0.717, 1.165) is 16.9 Å². The summed E-state index contributed by atoms with van der Waals surface area (Å²) in [5, 5.41) is 0. The van der Waals surface area contributed by atoms with E-state index in [1.807, 2.05) is 25.1 Å². The molecule has 4 nitrogen and oxygen atoms in total. The number of aryl methyl sites for hydroxylation is 1. The van der Waals surface area contributed by atoms with E-state index in [4.69, 9.17) is 5.73 Å². The maximum atomic E-state index is 11.5. The lowest BCUT2D eigenvalue weighted by Gasteiger charge is -2.04. The molecule has 0 atom stereocenters. The predicted molar refractivity (Wildman–Crippen MR) is 66.1 cm³/mol. The molecule has 17 heavy (non-hydrogen) atoms. The average molecular weight is 229 g/mol. The molecule has 88 valence electrons. The van der Waals surface area contributed by atoms with Gasteiger partial charge in [-0.1, -0.05) is 0 Å². The summed E-state index contributed by atoms with van der Waals surface area (Å²) in [7, 11) is 0. The van der Waals surface area contributed by atoms with Gasteiger partial charge in [0.2, 0.25) is 0 Å². The molecular weight excluding hydrogens is 214 g/mol. The van der Waals surface area contributed by atoms with Crippen molar-refractivity contribution < 1.29 is 4.79 Å². The Morgan fingerprint density at radius 1 is 1.53 bits per heavy atom. The number of fused-ring (bicyclic) bond motifs is 1. The molecule has 1 aromatic carbocycles. The second kappa shape index (κ2) is 3.67. The van der Waals surface area contributed by atoms with Crippen LogP contribution in [-0.2, 0) is 0 Å². The van der Waals surface area contributed by atoms with Gasteiger partial charge in [0.1, 0.15) is 5.82 Å². The lowest BCUT2D eigenvalue weighted by Crippen LogP contribution is -2.13. The number of rotatable bonds is 3. The second-order valence-electron chi connectivity index (χ2n) is 4.59. The van der Waals surface area contributed by atoms with Crippen LogP contribution in [0.15, 0.2) is 18.2 Å². The molecule has 0 saturated heterocycles. The van der Waals surface area contributed by atoms with Gasteiger partial charge in [-0.15, -0.1) is 0 Å². The summed E-state index contributed by atoms with van der Waals surface area (Å²) in [5.41, 5.74) is 8.04. The van der Waals surface area contributed by atoms with E-state index in [9.17, 15) is 4.79 Å². The summed E-state index contributed by atoms with van der Waals surface area (Å²) in [5.74, 6) is 0.991. The number of carbonyl (C=O) groups is 1. The smallest absolute Gasteiger partial charge is 0.176 e. The van der Waals surface area contributed by atoms with Crippen molar-refractivity contribution in [2.75, 3.05) is 6.54 Å². The van der Waals surface area contributed by atoms with Gasteiger partial charge >= 0.3 is 0 Å². The van der Waals surface area contributed by atoms with Gasteiger partial charge in [0.15, 0.2) is 5.78 Å². The van der Waals surface area contributed by atoms with E-state index in [0.29, 0.717) is 11.6 Å². The first-order chi connectivity index (χ1) is 8.20. The number of Topliss-reactive ketones (excluding diaryl/α,β-unsaturated/α-hetero) is 1. The normalized spacial score (nSPS) is 15.4. The summed E-state index contributed by atoms with van der Waals surface area (Å²) < 4.78 is 2.27. The van der Waals surface area contributed by atoms with Crippen LogP contribution in [0.3, 0.4) is 0 Å². The van der Waals surface area contributed by atoms with Gasteiger partial charge in [-0.05, 0) is 38.0 Å². The van der Waals surface area contributed by atoms with Crippen LogP contribution in [0, 0.1) is 6.92 Å². The van der Waals surface area contributed by atoms with Gasteiger partial charge in [0.05, 0.1) is 17.6 Å². The predicted octanol–water partition coefficient (Wildman–Crippen LogP) is 1.82. The van der Waals surface area contributed by atoms with Crippen molar-refractivity contribution in [2.24, 2.45) is 5.73 Å². The van der Waals surface area contributed by atoms with Crippen molar-refractivity contribution in [3.05, 3.63) is 29.6 Å². The number of hydrogen-bond donors (Lipinski definition) is 1. The van der Waals surface area contributed by atoms with E-state index < -0.39 is 0 Å². The minimum Gasteiger partial charge on any atom is -0.325 e. The molecule has 0 radical (unpaired) electrons. The fourth-order valence-electron chi connectivity index (χ4n) is 2.30. The van der Waals surface area contributed by atoms with Crippen molar-refractivity contribution in [2.45, 2.75) is 25.8 Å². The molecule has 2 N–H and O–H groups in total. The van der Waals surface area contributed by atoms with Crippen LogP contribution in [0.2, 0.25) is 0 Å². The summed E-state index contributed by atoms with van der Waals surface area (Å²) in [4.78, 5) is 16.1. The Kier molecular flexibility index (Phi) is 2.26. The molecule has 2 aromatic rings. The van der Waals surface area contributed by atoms with Gasteiger partial charge < -0.3 is 10.3 Å². The zero-order chi connectivity index (χ0) is 12.0. The lowest BCUT2D eigenvalue weighted by atomic mass is 10.1. The fraction of sp³-hybridized carbons (Fsp3) is 0.385. The Labute approximate surface area is 99.4 Å². The SMILES string of the molecule is Cc1nc2cc(C(=O)CN)ccc2n1C1CC1. The molecule has 1 aromatic heterocycles. The second-order valence-corrected chi connectivity index (χ2v) is 4.59.